The first-order valence-corrected chi connectivity index (χ1v) is 6.51. The van der Waals surface area contributed by atoms with Crippen molar-refractivity contribution in [2.24, 2.45) is 11.5 Å². The van der Waals surface area contributed by atoms with E-state index in [1.165, 1.54) is 0 Å². The summed E-state index contributed by atoms with van der Waals surface area (Å²) < 4.78 is 0. The van der Waals surface area contributed by atoms with Crippen molar-refractivity contribution in [2.45, 2.75) is 13.0 Å². The van der Waals surface area contributed by atoms with Crippen molar-refractivity contribution in [3.05, 3.63) is 59.2 Å². The van der Waals surface area contributed by atoms with Gasteiger partial charge in [-0.15, -0.1) is 0 Å². The summed E-state index contributed by atoms with van der Waals surface area (Å²) in [4.78, 5) is 11.0. The Bertz CT molecular complexity index is 606. The van der Waals surface area contributed by atoms with Gasteiger partial charge in [0.15, 0.2) is 0 Å². The predicted molar refractivity (Wildman–Crippen MR) is 79.5 cm³/mol. The number of benzene rings is 2. The summed E-state index contributed by atoms with van der Waals surface area (Å²) in [7, 11) is 0. The summed E-state index contributed by atoms with van der Waals surface area (Å²) in [5.74, 6) is -0.923. The van der Waals surface area contributed by atoms with Gasteiger partial charge in [0.1, 0.15) is 0 Å². The Balaban J connectivity index is 2.45. The van der Waals surface area contributed by atoms with Crippen LogP contribution in [0.3, 0.4) is 0 Å². The van der Waals surface area contributed by atoms with Gasteiger partial charge in [0.2, 0.25) is 0 Å². The summed E-state index contributed by atoms with van der Waals surface area (Å²) in [6.07, 6.45) is 0.648. The first-order chi connectivity index (χ1) is 9.65. The molecule has 0 aliphatic heterocycles. The second-order valence-corrected chi connectivity index (χ2v) is 4.62. The van der Waals surface area contributed by atoms with Gasteiger partial charge in [0.25, 0.3) is 0 Å². The monoisotopic (exact) mass is 270 g/mol. The van der Waals surface area contributed by atoms with E-state index in [1.807, 2.05) is 30.3 Å². The lowest BCUT2D eigenvalue weighted by molar-refractivity contribution is 0.0697. The maximum absolute atomic E-state index is 11.0. The van der Waals surface area contributed by atoms with Crippen LogP contribution in [0.1, 0.15) is 21.5 Å². The van der Waals surface area contributed by atoms with Gasteiger partial charge >= 0.3 is 5.97 Å². The minimum absolute atomic E-state index is 0.288. The van der Waals surface area contributed by atoms with Crippen LogP contribution >= 0.6 is 0 Å². The number of rotatable bonds is 5. The van der Waals surface area contributed by atoms with E-state index in [9.17, 15) is 4.79 Å². The number of hydrogen-bond acceptors (Lipinski definition) is 3. The zero-order valence-electron chi connectivity index (χ0n) is 11.2. The molecule has 0 heterocycles. The SMILES string of the molecule is NCCc1cc(C(=O)O)ccc1-c1ccc(CN)cc1. The lowest BCUT2D eigenvalue weighted by atomic mass is 9.95. The first kappa shape index (κ1) is 14.2. The van der Waals surface area contributed by atoms with Crippen LogP contribution in [0.15, 0.2) is 42.5 Å². The quantitative estimate of drug-likeness (QED) is 0.775. The number of carbonyl (C=O) groups is 1. The summed E-state index contributed by atoms with van der Waals surface area (Å²) in [5.41, 5.74) is 15.6. The topological polar surface area (TPSA) is 89.3 Å². The predicted octanol–water partition coefficient (Wildman–Crippen LogP) is 2.01. The van der Waals surface area contributed by atoms with Crippen LogP contribution < -0.4 is 11.5 Å². The van der Waals surface area contributed by atoms with Gasteiger partial charge in [0, 0.05) is 6.54 Å². The second-order valence-electron chi connectivity index (χ2n) is 4.62. The van der Waals surface area contributed by atoms with Crippen molar-refractivity contribution in [1.29, 1.82) is 0 Å². The number of nitrogens with two attached hydrogens (primary N) is 2. The summed E-state index contributed by atoms with van der Waals surface area (Å²) in [6.45, 7) is 0.991. The molecule has 104 valence electrons. The van der Waals surface area contributed by atoms with Crippen molar-refractivity contribution in [3.63, 3.8) is 0 Å². The molecular weight excluding hydrogens is 252 g/mol. The van der Waals surface area contributed by atoms with Crippen molar-refractivity contribution >= 4 is 5.97 Å². The van der Waals surface area contributed by atoms with Crippen LogP contribution in [-0.2, 0) is 13.0 Å². The zero-order chi connectivity index (χ0) is 14.5. The molecule has 0 spiro atoms. The molecule has 0 fully saturated rings. The molecule has 0 bridgehead atoms. The lowest BCUT2D eigenvalue weighted by Gasteiger charge is -2.11. The molecule has 0 aromatic heterocycles. The number of aromatic carboxylic acids is 1. The maximum Gasteiger partial charge on any atom is 0.335 e. The fourth-order valence-electron chi connectivity index (χ4n) is 2.19. The molecular formula is C16H18N2O2. The van der Waals surface area contributed by atoms with Crippen LogP contribution in [0.4, 0.5) is 0 Å². The molecule has 4 heteroatoms. The summed E-state index contributed by atoms with van der Waals surface area (Å²) >= 11 is 0. The number of carboxylic acid groups (broad SMARTS) is 1. The van der Waals surface area contributed by atoms with Gasteiger partial charge in [-0.3, -0.25) is 0 Å². The van der Waals surface area contributed by atoms with E-state index in [0.29, 0.717) is 19.5 Å². The third kappa shape index (κ3) is 3.04. The molecule has 0 unspecified atom stereocenters. The van der Waals surface area contributed by atoms with Crippen LogP contribution in [0, 0.1) is 0 Å². The fraction of sp³-hybridized carbons (Fsp3) is 0.188. The van der Waals surface area contributed by atoms with Crippen molar-refractivity contribution < 1.29 is 9.90 Å². The molecule has 0 aliphatic rings. The summed E-state index contributed by atoms with van der Waals surface area (Å²) in [6, 6.07) is 13.1. The van der Waals surface area contributed by atoms with E-state index in [4.69, 9.17) is 16.6 Å². The minimum atomic E-state index is -0.923. The Kier molecular flexibility index (Phi) is 4.50. The molecule has 0 atom stereocenters. The highest BCUT2D eigenvalue weighted by Crippen LogP contribution is 2.25. The smallest absolute Gasteiger partial charge is 0.335 e. The highest BCUT2D eigenvalue weighted by Gasteiger charge is 2.09. The van der Waals surface area contributed by atoms with E-state index >= 15 is 0 Å². The van der Waals surface area contributed by atoms with Crippen LogP contribution in [0.25, 0.3) is 11.1 Å². The van der Waals surface area contributed by atoms with Crippen LogP contribution in [-0.4, -0.2) is 17.6 Å². The Morgan fingerprint density at radius 1 is 1.05 bits per heavy atom. The van der Waals surface area contributed by atoms with E-state index in [0.717, 1.165) is 22.3 Å². The van der Waals surface area contributed by atoms with Gasteiger partial charge in [0.05, 0.1) is 5.56 Å². The highest BCUT2D eigenvalue weighted by atomic mass is 16.4. The standard InChI is InChI=1S/C16H18N2O2/c17-8-7-13-9-14(16(19)20)5-6-15(13)12-3-1-11(10-18)2-4-12/h1-6,9H,7-8,10,17-18H2,(H,19,20). The van der Waals surface area contributed by atoms with E-state index in [2.05, 4.69) is 0 Å². The second kappa shape index (κ2) is 6.32. The minimum Gasteiger partial charge on any atom is -0.478 e. The Labute approximate surface area is 118 Å². The van der Waals surface area contributed by atoms with E-state index < -0.39 is 5.97 Å². The Morgan fingerprint density at radius 2 is 1.75 bits per heavy atom. The van der Waals surface area contributed by atoms with Gasteiger partial charge in [-0.1, -0.05) is 30.3 Å². The molecule has 2 aromatic rings. The molecule has 5 N–H and O–H groups in total. The van der Waals surface area contributed by atoms with Gasteiger partial charge < -0.3 is 16.6 Å². The van der Waals surface area contributed by atoms with E-state index in [1.54, 1.807) is 12.1 Å². The molecule has 0 saturated heterocycles. The molecule has 4 nitrogen and oxygen atoms in total. The molecule has 0 amide bonds. The average molecular weight is 270 g/mol. The van der Waals surface area contributed by atoms with Crippen LogP contribution in [0.5, 0.6) is 0 Å². The summed E-state index contributed by atoms with van der Waals surface area (Å²) in [5, 5.41) is 9.06. The number of hydrogen-bond donors (Lipinski definition) is 3. The lowest BCUT2D eigenvalue weighted by Crippen LogP contribution is -2.06. The molecule has 0 saturated carbocycles. The highest BCUT2D eigenvalue weighted by molar-refractivity contribution is 5.89. The molecule has 0 radical (unpaired) electrons. The number of carboxylic acids is 1. The Morgan fingerprint density at radius 3 is 2.30 bits per heavy atom. The van der Waals surface area contributed by atoms with Crippen molar-refractivity contribution in [3.8, 4) is 11.1 Å². The third-order valence-corrected chi connectivity index (χ3v) is 3.27. The molecule has 2 aromatic carbocycles. The molecule has 0 aliphatic carbocycles. The van der Waals surface area contributed by atoms with Gasteiger partial charge in [-0.05, 0) is 47.4 Å². The third-order valence-electron chi connectivity index (χ3n) is 3.27. The van der Waals surface area contributed by atoms with Gasteiger partial charge in [-0.25, -0.2) is 4.79 Å². The fourth-order valence-corrected chi connectivity index (χ4v) is 2.19. The average Bonchev–Trinajstić information content (AvgIpc) is 2.47. The van der Waals surface area contributed by atoms with Gasteiger partial charge in [-0.2, -0.15) is 0 Å². The van der Waals surface area contributed by atoms with Crippen molar-refractivity contribution in [2.75, 3.05) is 6.54 Å². The largest absolute Gasteiger partial charge is 0.478 e. The van der Waals surface area contributed by atoms with Crippen LogP contribution in [0.2, 0.25) is 0 Å². The molecule has 20 heavy (non-hydrogen) atoms. The zero-order valence-corrected chi connectivity index (χ0v) is 11.2. The van der Waals surface area contributed by atoms with Crippen molar-refractivity contribution in [1.82, 2.24) is 0 Å². The Hall–Kier alpha value is -2.17. The molecule has 2 rings (SSSR count). The first-order valence-electron chi connectivity index (χ1n) is 6.51. The normalized spacial score (nSPS) is 10.5. The maximum atomic E-state index is 11.0. The van der Waals surface area contributed by atoms with E-state index in [-0.39, 0.29) is 5.56 Å².